The average Bonchev–Trinajstić information content (AvgIpc) is 3.29. The van der Waals surface area contributed by atoms with Gasteiger partial charge in [0.05, 0.1) is 26.7 Å². The van der Waals surface area contributed by atoms with Crippen molar-refractivity contribution in [3.8, 4) is 17.6 Å². The number of thiazole rings is 1. The van der Waals surface area contributed by atoms with Crippen LogP contribution in [0, 0.1) is 11.3 Å². The Balaban J connectivity index is 1.39. The van der Waals surface area contributed by atoms with Crippen LogP contribution in [-0.4, -0.2) is 12.1 Å². The number of nitriles is 1. The molecule has 35 heavy (non-hydrogen) atoms. The molecule has 0 aliphatic rings. The van der Waals surface area contributed by atoms with E-state index >= 15 is 0 Å². The van der Waals surface area contributed by atoms with Crippen molar-refractivity contribution < 1.29 is 9.47 Å². The molecule has 4 nitrogen and oxygen atoms in total. The summed E-state index contributed by atoms with van der Waals surface area (Å²) in [6.45, 7) is 0.405. The van der Waals surface area contributed by atoms with Crippen LogP contribution in [0.4, 0.5) is 0 Å². The minimum Gasteiger partial charge on any atom is -0.493 e. The minimum absolute atomic E-state index is 0.405. The maximum Gasteiger partial charge on any atom is 0.175 e. The van der Waals surface area contributed by atoms with Crippen LogP contribution >= 0.6 is 39.0 Å². The van der Waals surface area contributed by atoms with Crippen molar-refractivity contribution in [1.29, 1.82) is 5.26 Å². The highest BCUT2D eigenvalue weighted by Crippen LogP contribution is 2.39. The summed E-state index contributed by atoms with van der Waals surface area (Å²) in [5, 5.41) is 12.1. The predicted molar refractivity (Wildman–Crippen MR) is 148 cm³/mol. The second-order valence-electron chi connectivity index (χ2n) is 7.63. The quantitative estimate of drug-likeness (QED) is 0.148. The summed E-state index contributed by atoms with van der Waals surface area (Å²) in [6.07, 6.45) is 1.83. The number of hydrogen-bond acceptors (Lipinski definition) is 6. The van der Waals surface area contributed by atoms with E-state index < -0.39 is 0 Å². The normalized spacial score (nSPS) is 11.5. The summed E-state index contributed by atoms with van der Waals surface area (Å²) < 4.78 is 14.5. The van der Waals surface area contributed by atoms with Gasteiger partial charge in [0, 0.05) is 0 Å². The van der Waals surface area contributed by atoms with Gasteiger partial charge >= 0.3 is 0 Å². The molecule has 4 aromatic carbocycles. The highest BCUT2D eigenvalue weighted by Gasteiger charge is 2.14. The summed E-state index contributed by atoms with van der Waals surface area (Å²) >= 11 is 6.57. The average molecular weight is 560 g/mol. The van der Waals surface area contributed by atoms with Gasteiger partial charge < -0.3 is 9.47 Å². The zero-order valence-corrected chi connectivity index (χ0v) is 21.9. The Morgan fingerprint density at radius 3 is 2.71 bits per heavy atom. The summed E-state index contributed by atoms with van der Waals surface area (Å²) in [5.41, 5.74) is 2.87. The lowest BCUT2D eigenvalue weighted by Crippen LogP contribution is -2.00. The number of halogens is 1. The van der Waals surface area contributed by atoms with Crippen LogP contribution in [0.25, 0.3) is 27.1 Å². The molecule has 5 rings (SSSR count). The molecule has 5 aromatic rings. The van der Waals surface area contributed by atoms with Crippen LogP contribution in [0.2, 0.25) is 0 Å². The van der Waals surface area contributed by atoms with E-state index in [4.69, 9.17) is 9.47 Å². The molecular weight excluding hydrogens is 540 g/mol. The van der Waals surface area contributed by atoms with Crippen molar-refractivity contribution in [2.75, 3.05) is 7.11 Å². The highest BCUT2D eigenvalue weighted by atomic mass is 79.9. The number of para-hydroxylation sites is 1. The van der Waals surface area contributed by atoms with Crippen LogP contribution < -0.4 is 9.47 Å². The van der Waals surface area contributed by atoms with Crippen LogP contribution in [0.5, 0.6) is 11.5 Å². The van der Waals surface area contributed by atoms with E-state index in [2.05, 4.69) is 51.2 Å². The number of nitrogens with zero attached hydrogens (tertiary/aromatic N) is 2. The highest BCUT2D eigenvalue weighted by molar-refractivity contribution is 9.10. The van der Waals surface area contributed by atoms with Crippen molar-refractivity contribution in [3.63, 3.8) is 0 Å². The predicted octanol–water partition coefficient (Wildman–Crippen LogP) is 8.46. The molecule has 0 aliphatic carbocycles. The molecule has 0 atom stereocenters. The standard InChI is InChI=1S/C28H19BrN2O2S2/c1-32-25-15-18(13-21(16-30)34-28-31-24-11-4-5-12-26(24)35-28)14-23(29)27(25)33-17-20-9-6-8-19-7-2-3-10-22(19)20/h2-15H,17H2,1H3/b21-13+. The summed E-state index contributed by atoms with van der Waals surface area (Å²) in [6, 6.07) is 28.5. The zero-order valence-electron chi connectivity index (χ0n) is 18.7. The van der Waals surface area contributed by atoms with Gasteiger partial charge in [-0.3, -0.25) is 0 Å². The first kappa shape index (κ1) is 23.4. The Morgan fingerprint density at radius 1 is 1.09 bits per heavy atom. The maximum absolute atomic E-state index is 9.74. The zero-order chi connectivity index (χ0) is 24.2. The molecule has 0 saturated heterocycles. The van der Waals surface area contributed by atoms with E-state index in [1.807, 2.05) is 60.7 Å². The molecule has 0 saturated carbocycles. The van der Waals surface area contributed by atoms with E-state index in [1.54, 1.807) is 18.4 Å². The van der Waals surface area contributed by atoms with Crippen LogP contribution in [0.15, 0.2) is 92.6 Å². The third-order valence-electron chi connectivity index (χ3n) is 5.38. The Bertz CT molecular complexity index is 1570. The topological polar surface area (TPSA) is 55.1 Å². The van der Waals surface area contributed by atoms with Gasteiger partial charge in [-0.25, -0.2) is 4.98 Å². The van der Waals surface area contributed by atoms with Crippen molar-refractivity contribution in [3.05, 3.63) is 99.4 Å². The van der Waals surface area contributed by atoms with Gasteiger partial charge in [0.15, 0.2) is 15.8 Å². The molecule has 1 aromatic heterocycles. The number of allylic oxidation sites excluding steroid dienone is 1. The van der Waals surface area contributed by atoms with Gasteiger partial charge in [-0.1, -0.05) is 54.6 Å². The van der Waals surface area contributed by atoms with Gasteiger partial charge in [-0.05, 0) is 79.9 Å². The lowest BCUT2D eigenvalue weighted by Gasteiger charge is -2.15. The first-order valence-corrected chi connectivity index (χ1v) is 13.2. The second kappa shape index (κ2) is 10.5. The summed E-state index contributed by atoms with van der Waals surface area (Å²) in [5.74, 6) is 1.21. The van der Waals surface area contributed by atoms with Crippen molar-refractivity contribution in [2.24, 2.45) is 0 Å². The first-order valence-electron chi connectivity index (χ1n) is 10.8. The van der Waals surface area contributed by atoms with E-state index in [9.17, 15) is 5.26 Å². The van der Waals surface area contributed by atoms with E-state index in [0.29, 0.717) is 23.0 Å². The number of rotatable bonds is 7. The summed E-state index contributed by atoms with van der Waals surface area (Å²) in [4.78, 5) is 5.16. The fraction of sp³-hybridized carbons (Fsp3) is 0.0714. The molecule has 0 radical (unpaired) electrons. The van der Waals surface area contributed by atoms with E-state index in [0.717, 1.165) is 35.5 Å². The fourth-order valence-corrected chi connectivity index (χ4v) is 6.31. The molecule has 0 bridgehead atoms. The molecule has 0 N–H and O–H groups in total. The van der Waals surface area contributed by atoms with Gasteiger partial charge in [0.25, 0.3) is 0 Å². The van der Waals surface area contributed by atoms with E-state index in [-0.39, 0.29) is 0 Å². The van der Waals surface area contributed by atoms with E-state index in [1.165, 1.54) is 17.1 Å². The Labute approximate surface area is 220 Å². The van der Waals surface area contributed by atoms with Crippen molar-refractivity contribution >= 4 is 66.1 Å². The molecule has 0 fully saturated rings. The molecule has 0 spiro atoms. The Morgan fingerprint density at radius 2 is 1.89 bits per heavy atom. The lowest BCUT2D eigenvalue weighted by molar-refractivity contribution is 0.283. The fourth-order valence-electron chi connectivity index (χ4n) is 3.76. The number of methoxy groups -OCH3 is 1. The first-order chi connectivity index (χ1) is 17.1. The smallest absolute Gasteiger partial charge is 0.175 e. The van der Waals surface area contributed by atoms with Gasteiger partial charge in [-0.2, -0.15) is 5.26 Å². The number of fused-ring (bicyclic) bond motifs is 2. The molecule has 1 heterocycles. The lowest BCUT2D eigenvalue weighted by atomic mass is 10.1. The SMILES string of the molecule is COc1cc(/C=C(\C#N)Sc2nc3ccccc3s2)cc(Br)c1OCc1cccc2ccccc12. The molecule has 7 heteroatoms. The van der Waals surface area contributed by atoms with Crippen LogP contribution in [0.3, 0.4) is 0 Å². The van der Waals surface area contributed by atoms with Gasteiger partial charge in [0.1, 0.15) is 12.7 Å². The number of hydrogen-bond donors (Lipinski definition) is 0. The van der Waals surface area contributed by atoms with Crippen molar-refractivity contribution in [1.82, 2.24) is 4.98 Å². The number of ether oxygens (including phenoxy) is 2. The van der Waals surface area contributed by atoms with Gasteiger partial charge in [0.2, 0.25) is 0 Å². The Kier molecular flexibility index (Phi) is 7.05. The number of benzene rings is 4. The minimum atomic E-state index is 0.405. The summed E-state index contributed by atoms with van der Waals surface area (Å²) in [7, 11) is 1.61. The monoisotopic (exact) mass is 558 g/mol. The van der Waals surface area contributed by atoms with Crippen LogP contribution in [0.1, 0.15) is 11.1 Å². The number of thioether (sulfide) groups is 1. The molecular formula is C28H19BrN2O2S2. The molecule has 0 aliphatic heterocycles. The second-order valence-corrected chi connectivity index (χ2v) is 10.8. The largest absolute Gasteiger partial charge is 0.493 e. The third kappa shape index (κ3) is 5.20. The third-order valence-corrected chi connectivity index (χ3v) is 8.00. The maximum atomic E-state index is 9.74. The van der Waals surface area contributed by atoms with Crippen LogP contribution in [-0.2, 0) is 6.61 Å². The molecule has 172 valence electrons. The van der Waals surface area contributed by atoms with Crippen molar-refractivity contribution in [2.45, 2.75) is 10.9 Å². The molecule has 0 amide bonds. The molecule has 0 unspecified atom stereocenters. The number of aromatic nitrogens is 1. The van der Waals surface area contributed by atoms with Gasteiger partial charge in [-0.15, -0.1) is 11.3 Å². The Hall–Kier alpha value is -3.31.